The summed E-state index contributed by atoms with van der Waals surface area (Å²) in [5.74, 6) is 1.14. The Bertz CT molecular complexity index is 309. The third kappa shape index (κ3) is 4.00. The van der Waals surface area contributed by atoms with Gasteiger partial charge in [-0.3, -0.25) is 4.98 Å². The molecule has 1 unspecified atom stereocenters. The molecule has 0 saturated carbocycles. The maximum Gasteiger partial charge on any atom is 0.234 e. The first-order valence-electron chi connectivity index (χ1n) is 5.20. The van der Waals surface area contributed by atoms with Crippen molar-refractivity contribution in [1.82, 2.24) is 9.97 Å². The maximum atomic E-state index is 5.58. The van der Waals surface area contributed by atoms with Gasteiger partial charge in [0.05, 0.1) is 31.6 Å². The predicted molar refractivity (Wildman–Crippen MR) is 61.5 cm³/mol. The zero-order chi connectivity index (χ0) is 11.8. The highest BCUT2D eigenvalue weighted by Gasteiger charge is 2.07. The van der Waals surface area contributed by atoms with Gasteiger partial charge >= 0.3 is 0 Å². The van der Waals surface area contributed by atoms with Gasteiger partial charge in [-0.2, -0.15) is 4.98 Å². The number of nitrogens with two attached hydrogens (primary N) is 1. The number of ether oxygens (including phenoxy) is 2. The number of nitrogens with one attached hydrogen (secondary N) is 1. The van der Waals surface area contributed by atoms with Crippen LogP contribution in [0.3, 0.4) is 0 Å². The number of hydrogen-bond acceptors (Lipinski definition) is 6. The van der Waals surface area contributed by atoms with Gasteiger partial charge in [-0.15, -0.1) is 0 Å². The van der Waals surface area contributed by atoms with Crippen molar-refractivity contribution >= 4 is 5.82 Å². The number of nitrogens with zero attached hydrogens (tertiary/aromatic N) is 2. The Morgan fingerprint density at radius 3 is 2.94 bits per heavy atom. The van der Waals surface area contributed by atoms with Crippen molar-refractivity contribution in [2.45, 2.75) is 13.0 Å². The Balaban J connectivity index is 2.60. The third-order valence-electron chi connectivity index (χ3n) is 1.91. The molecular formula is C10H18N4O2. The SMILES string of the molecule is CCOc1cncc(NC(CN)COC)n1. The second-order valence-electron chi connectivity index (χ2n) is 3.21. The molecule has 1 atom stereocenters. The minimum atomic E-state index is 0.0242. The molecule has 16 heavy (non-hydrogen) atoms. The molecule has 0 bridgehead atoms. The molecule has 3 N–H and O–H groups in total. The van der Waals surface area contributed by atoms with Gasteiger partial charge in [0, 0.05) is 13.7 Å². The Hall–Kier alpha value is -1.40. The van der Waals surface area contributed by atoms with Crippen molar-refractivity contribution < 1.29 is 9.47 Å². The number of anilines is 1. The number of methoxy groups -OCH3 is 1. The first-order chi connectivity index (χ1) is 7.80. The van der Waals surface area contributed by atoms with Crippen LogP contribution in [0.25, 0.3) is 0 Å². The molecule has 6 nitrogen and oxygen atoms in total. The van der Waals surface area contributed by atoms with Gasteiger partial charge in [-0.1, -0.05) is 0 Å². The van der Waals surface area contributed by atoms with Crippen LogP contribution in [0.4, 0.5) is 5.82 Å². The Kier molecular flexibility index (Phi) is 5.52. The van der Waals surface area contributed by atoms with Gasteiger partial charge in [0.15, 0.2) is 0 Å². The molecule has 6 heteroatoms. The highest BCUT2D eigenvalue weighted by Crippen LogP contribution is 2.09. The maximum absolute atomic E-state index is 5.58. The van der Waals surface area contributed by atoms with Gasteiger partial charge < -0.3 is 20.5 Å². The predicted octanol–water partition coefficient (Wildman–Crippen LogP) is 0.261. The van der Waals surface area contributed by atoms with Gasteiger partial charge in [-0.25, -0.2) is 0 Å². The Morgan fingerprint density at radius 1 is 1.50 bits per heavy atom. The summed E-state index contributed by atoms with van der Waals surface area (Å²) in [7, 11) is 1.63. The fourth-order valence-electron chi connectivity index (χ4n) is 1.21. The lowest BCUT2D eigenvalue weighted by atomic mass is 10.3. The molecule has 0 aliphatic carbocycles. The summed E-state index contributed by atoms with van der Waals surface area (Å²) in [6.45, 7) is 3.46. The van der Waals surface area contributed by atoms with Crippen LogP contribution in [0, 0.1) is 0 Å². The standard InChI is InChI=1S/C10H18N4O2/c1-3-16-10-6-12-5-9(14-10)13-8(4-11)7-15-2/h5-6,8H,3-4,7,11H2,1-2H3,(H,13,14). The topological polar surface area (TPSA) is 82.3 Å². The molecule has 0 aliphatic heterocycles. The zero-order valence-electron chi connectivity index (χ0n) is 9.64. The molecule has 0 aromatic carbocycles. The molecular weight excluding hydrogens is 208 g/mol. The first kappa shape index (κ1) is 12.7. The Morgan fingerprint density at radius 2 is 2.31 bits per heavy atom. The summed E-state index contributed by atoms with van der Waals surface area (Å²) in [6, 6.07) is 0.0242. The van der Waals surface area contributed by atoms with Crippen molar-refractivity contribution in [2.75, 3.05) is 32.2 Å². The van der Waals surface area contributed by atoms with E-state index in [9.17, 15) is 0 Å². The van der Waals surface area contributed by atoms with Crippen LogP contribution >= 0.6 is 0 Å². The minimum absolute atomic E-state index is 0.0242. The second-order valence-corrected chi connectivity index (χ2v) is 3.21. The van der Waals surface area contributed by atoms with Crippen molar-refractivity contribution in [3.05, 3.63) is 12.4 Å². The van der Waals surface area contributed by atoms with E-state index in [-0.39, 0.29) is 6.04 Å². The summed E-state index contributed by atoms with van der Waals surface area (Å²) in [5.41, 5.74) is 5.58. The molecule has 0 spiro atoms. The molecule has 0 radical (unpaired) electrons. The molecule has 90 valence electrons. The van der Waals surface area contributed by atoms with Crippen molar-refractivity contribution in [2.24, 2.45) is 5.73 Å². The van der Waals surface area contributed by atoms with Gasteiger partial charge in [0.25, 0.3) is 0 Å². The van der Waals surface area contributed by atoms with Crippen LogP contribution in [0.2, 0.25) is 0 Å². The van der Waals surface area contributed by atoms with Gasteiger partial charge in [0.1, 0.15) is 5.82 Å². The summed E-state index contributed by atoms with van der Waals surface area (Å²) in [4.78, 5) is 8.24. The molecule has 1 aromatic rings. The lowest BCUT2D eigenvalue weighted by Crippen LogP contribution is -2.33. The van der Waals surface area contributed by atoms with Crippen LogP contribution in [-0.2, 0) is 4.74 Å². The molecule has 0 saturated heterocycles. The highest BCUT2D eigenvalue weighted by molar-refractivity contribution is 5.34. The van der Waals surface area contributed by atoms with Crippen molar-refractivity contribution in [3.63, 3.8) is 0 Å². The average Bonchev–Trinajstić information content (AvgIpc) is 2.29. The zero-order valence-corrected chi connectivity index (χ0v) is 9.64. The van der Waals surface area contributed by atoms with E-state index in [1.165, 1.54) is 0 Å². The molecule has 1 rings (SSSR count). The van der Waals surface area contributed by atoms with Crippen LogP contribution in [0.15, 0.2) is 12.4 Å². The highest BCUT2D eigenvalue weighted by atomic mass is 16.5. The third-order valence-corrected chi connectivity index (χ3v) is 1.91. The number of aromatic nitrogens is 2. The molecule has 0 amide bonds. The van der Waals surface area contributed by atoms with E-state index in [4.69, 9.17) is 15.2 Å². The van der Waals surface area contributed by atoms with Gasteiger partial charge in [0.2, 0.25) is 5.88 Å². The van der Waals surface area contributed by atoms with E-state index in [2.05, 4.69) is 15.3 Å². The van der Waals surface area contributed by atoms with E-state index in [0.29, 0.717) is 31.5 Å². The number of hydrogen-bond donors (Lipinski definition) is 2. The van der Waals surface area contributed by atoms with E-state index in [1.54, 1.807) is 19.5 Å². The summed E-state index contributed by atoms with van der Waals surface area (Å²) >= 11 is 0. The fraction of sp³-hybridized carbons (Fsp3) is 0.600. The van der Waals surface area contributed by atoms with Crippen LogP contribution in [-0.4, -0.2) is 42.9 Å². The fourth-order valence-corrected chi connectivity index (χ4v) is 1.21. The lowest BCUT2D eigenvalue weighted by molar-refractivity contribution is 0.187. The molecule has 0 aliphatic rings. The lowest BCUT2D eigenvalue weighted by Gasteiger charge is -2.16. The average molecular weight is 226 g/mol. The first-order valence-corrected chi connectivity index (χ1v) is 5.20. The van der Waals surface area contributed by atoms with Crippen LogP contribution < -0.4 is 15.8 Å². The van der Waals surface area contributed by atoms with E-state index in [1.807, 2.05) is 6.92 Å². The normalized spacial score (nSPS) is 12.2. The largest absolute Gasteiger partial charge is 0.477 e. The van der Waals surface area contributed by atoms with E-state index in [0.717, 1.165) is 0 Å². The second kappa shape index (κ2) is 6.97. The van der Waals surface area contributed by atoms with Gasteiger partial charge in [-0.05, 0) is 6.92 Å². The molecule has 0 fully saturated rings. The summed E-state index contributed by atoms with van der Waals surface area (Å²) < 4.78 is 10.3. The van der Waals surface area contributed by atoms with E-state index < -0.39 is 0 Å². The van der Waals surface area contributed by atoms with Crippen LogP contribution in [0.1, 0.15) is 6.92 Å². The monoisotopic (exact) mass is 226 g/mol. The molecule has 1 aromatic heterocycles. The quantitative estimate of drug-likeness (QED) is 0.694. The van der Waals surface area contributed by atoms with E-state index >= 15 is 0 Å². The smallest absolute Gasteiger partial charge is 0.234 e. The van der Waals surface area contributed by atoms with Crippen LogP contribution in [0.5, 0.6) is 5.88 Å². The molecule has 1 heterocycles. The summed E-state index contributed by atoms with van der Waals surface area (Å²) in [6.07, 6.45) is 3.20. The number of rotatable bonds is 7. The Labute approximate surface area is 95.2 Å². The summed E-state index contributed by atoms with van der Waals surface area (Å²) in [5, 5.41) is 3.12. The van der Waals surface area contributed by atoms with Crippen molar-refractivity contribution in [3.8, 4) is 5.88 Å². The van der Waals surface area contributed by atoms with Crippen molar-refractivity contribution in [1.29, 1.82) is 0 Å². The minimum Gasteiger partial charge on any atom is -0.477 e.